The third kappa shape index (κ3) is 2.79. The fourth-order valence-corrected chi connectivity index (χ4v) is 1.01. The number of nitrogens with zero attached hydrogens (tertiary/aromatic N) is 1. The molecule has 1 atom stereocenters. The van der Waals surface area contributed by atoms with E-state index < -0.39 is 18.0 Å². The lowest BCUT2D eigenvalue weighted by molar-refractivity contribution is -0.141. The third-order valence-corrected chi connectivity index (χ3v) is 1.81. The van der Waals surface area contributed by atoms with Crippen molar-refractivity contribution in [3.05, 3.63) is 41.7 Å². The van der Waals surface area contributed by atoms with E-state index in [1.54, 1.807) is 0 Å². The fraction of sp³-hybridized carbons (Fsp3) is 0.300. The fourth-order valence-electron chi connectivity index (χ4n) is 1.01. The number of alkyl halides is 3. The minimum absolute atomic E-state index is 0.0441. The molecule has 1 N–H and O–H groups in total. The number of halogens is 3. The van der Waals surface area contributed by atoms with Crippen LogP contribution in [0.3, 0.4) is 0 Å². The molecule has 1 heterocycles. The molecule has 0 bridgehead atoms. The summed E-state index contributed by atoms with van der Waals surface area (Å²) in [4.78, 5) is 3.33. The van der Waals surface area contributed by atoms with E-state index in [0.717, 1.165) is 6.07 Å². The average molecular weight is 217 g/mol. The Morgan fingerprint density at radius 1 is 1.47 bits per heavy atom. The standard InChI is InChI=1S/C10H10F3NO/c1-6(2)9(15)7-4-3-5-8(14-7)10(11,12)13/h3-5,9,15H,1H2,2H3. The number of aliphatic hydroxyl groups excluding tert-OH is 1. The largest absolute Gasteiger partial charge is 0.433 e. The topological polar surface area (TPSA) is 33.1 Å². The van der Waals surface area contributed by atoms with Gasteiger partial charge in [0, 0.05) is 0 Å². The molecule has 2 nitrogen and oxygen atoms in total. The van der Waals surface area contributed by atoms with Crippen LogP contribution in [0.1, 0.15) is 24.4 Å². The quantitative estimate of drug-likeness (QED) is 0.772. The predicted molar refractivity (Wildman–Crippen MR) is 49.0 cm³/mol. The Hall–Kier alpha value is -1.36. The smallest absolute Gasteiger partial charge is 0.382 e. The van der Waals surface area contributed by atoms with Gasteiger partial charge in [-0.15, -0.1) is 0 Å². The number of rotatable bonds is 2. The van der Waals surface area contributed by atoms with Crippen LogP contribution in [0.4, 0.5) is 13.2 Å². The van der Waals surface area contributed by atoms with E-state index in [-0.39, 0.29) is 5.69 Å². The molecule has 0 amide bonds. The van der Waals surface area contributed by atoms with Gasteiger partial charge in [-0.25, -0.2) is 4.98 Å². The van der Waals surface area contributed by atoms with Crippen LogP contribution in [0.15, 0.2) is 30.4 Å². The van der Waals surface area contributed by atoms with Gasteiger partial charge in [-0.2, -0.15) is 13.2 Å². The van der Waals surface area contributed by atoms with Gasteiger partial charge < -0.3 is 5.11 Å². The summed E-state index contributed by atoms with van der Waals surface area (Å²) in [6, 6.07) is 3.39. The zero-order valence-corrected chi connectivity index (χ0v) is 8.04. The van der Waals surface area contributed by atoms with E-state index in [1.165, 1.54) is 19.1 Å². The minimum atomic E-state index is -4.50. The number of hydrogen-bond donors (Lipinski definition) is 1. The Labute approximate surface area is 85.1 Å². The van der Waals surface area contributed by atoms with Gasteiger partial charge in [-0.05, 0) is 24.6 Å². The number of pyridine rings is 1. The average Bonchev–Trinajstić information content (AvgIpc) is 2.15. The van der Waals surface area contributed by atoms with Crippen molar-refractivity contribution in [3.63, 3.8) is 0 Å². The van der Waals surface area contributed by atoms with Crippen LogP contribution in [0.5, 0.6) is 0 Å². The monoisotopic (exact) mass is 217 g/mol. The molecule has 82 valence electrons. The first-order valence-corrected chi connectivity index (χ1v) is 4.20. The van der Waals surface area contributed by atoms with Gasteiger partial charge in [0.1, 0.15) is 11.8 Å². The molecule has 0 fully saturated rings. The third-order valence-electron chi connectivity index (χ3n) is 1.81. The molecule has 0 aliphatic rings. The normalized spacial score (nSPS) is 13.7. The molecule has 0 spiro atoms. The van der Waals surface area contributed by atoms with Gasteiger partial charge in [-0.3, -0.25) is 0 Å². The van der Waals surface area contributed by atoms with Crippen molar-refractivity contribution in [2.24, 2.45) is 0 Å². The predicted octanol–water partition coefficient (Wildman–Crippen LogP) is 2.71. The van der Waals surface area contributed by atoms with Crippen LogP contribution in [-0.2, 0) is 6.18 Å². The zero-order valence-electron chi connectivity index (χ0n) is 8.04. The van der Waals surface area contributed by atoms with Crippen LogP contribution < -0.4 is 0 Å². The number of aromatic nitrogens is 1. The van der Waals surface area contributed by atoms with E-state index in [1.807, 2.05) is 0 Å². The highest BCUT2D eigenvalue weighted by Crippen LogP contribution is 2.29. The van der Waals surface area contributed by atoms with Crippen LogP contribution >= 0.6 is 0 Å². The Morgan fingerprint density at radius 2 is 2.07 bits per heavy atom. The molecule has 1 rings (SSSR count). The molecule has 15 heavy (non-hydrogen) atoms. The van der Waals surface area contributed by atoms with E-state index in [9.17, 15) is 18.3 Å². The SMILES string of the molecule is C=C(C)C(O)c1cccc(C(F)(F)F)n1. The summed E-state index contributed by atoms with van der Waals surface area (Å²) >= 11 is 0. The first-order valence-electron chi connectivity index (χ1n) is 4.20. The maximum Gasteiger partial charge on any atom is 0.433 e. The van der Waals surface area contributed by atoms with Crippen LogP contribution in [0.2, 0.25) is 0 Å². The molecule has 0 radical (unpaired) electrons. The van der Waals surface area contributed by atoms with Crippen molar-refractivity contribution in [1.29, 1.82) is 0 Å². The van der Waals surface area contributed by atoms with Crippen molar-refractivity contribution in [3.8, 4) is 0 Å². The van der Waals surface area contributed by atoms with Gasteiger partial charge in [-0.1, -0.05) is 12.6 Å². The summed E-state index contributed by atoms with van der Waals surface area (Å²) in [5, 5.41) is 9.46. The number of hydrogen-bond acceptors (Lipinski definition) is 2. The van der Waals surface area contributed by atoms with E-state index in [0.29, 0.717) is 5.57 Å². The second-order valence-electron chi connectivity index (χ2n) is 3.19. The first-order chi connectivity index (χ1) is 6.82. The van der Waals surface area contributed by atoms with E-state index >= 15 is 0 Å². The van der Waals surface area contributed by atoms with Crippen LogP contribution in [0, 0.1) is 0 Å². The van der Waals surface area contributed by atoms with Gasteiger partial charge in [0.05, 0.1) is 5.69 Å². The highest BCUT2D eigenvalue weighted by atomic mass is 19.4. The minimum Gasteiger partial charge on any atom is -0.382 e. The van der Waals surface area contributed by atoms with Gasteiger partial charge in [0.25, 0.3) is 0 Å². The van der Waals surface area contributed by atoms with Crippen molar-refractivity contribution >= 4 is 0 Å². The Kier molecular flexibility index (Phi) is 3.14. The molecular weight excluding hydrogens is 207 g/mol. The van der Waals surface area contributed by atoms with Crippen molar-refractivity contribution < 1.29 is 18.3 Å². The molecule has 1 aromatic heterocycles. The van der Waals surface area contributed by atoms with Crippen molar-refractivity contribution in [2.45, 2.75) is 19.2 Å². The highest BCUT2D eigenvalue weighted by molar-refractivity contribution is 5.20. The lowest BCUT2D eigenvalue weighted by atomic mass is 10.1. The Balaban J connectivity index is 3.08. The molecule has 1 aromatic rings. The van der Waals surface area contributed by atoms with Crippen molar-refractivity contribution in [2.75, 3.05) is 0 Å². The summed E-state index contributed by atoms with van der Waals surface area (Å²) < 4.78 is 36.8. The summed E-state index contributed by atoms with van der Waals surface area (Å²) in [5.74, 6) is 0. The molecule has 0 aromatic carbocycles. The molecular formula is C10H10F3NO. The van der Waals surface area contributed by atoms with Gasteiger partial charge in [0.2, 0.25) is 0 Å². The molecule has 5 heteroatoms. The van der Waals surface area contributed by atoms with E-state index in [4.69, 9.17) is 0 Å². The second-order valence-corrected chi connectivity index (χ2v) is 3.19. The molecule has 1 unspecified atom stereocenters. The lowest BCUT2D eigenvalue weighted by Gasteiger charge is -2.12. The second kappa shape index (κ2) is 4.02. The first kappa shape index (κ1) is 11.7. The highest BCUT2D eigenvalue weighted by Gasteiger charge is 2.32. The maximum absolute atomic E-state index is 12.3. The van der Waals surface area contributed by atoms with Crippen molar-refractivity contribution in [1.82, 2.24) is 4.98 Å². The van der Waals surface area contributed by atoms with Gasteiger partial charge >= 0.3 is 6.18 Å². The summed E-state index contributed by atoms with van der Waals surface area (Å²) in [5.41, 5.74) is -0.709. The Bertz CT molecular complexity index is 373. The summed E-state index contributed by atoms with van der Waals surface area (Å²) in [6.45, 7) is 4.97. The maximum atomic E-state index is 12.3. The molecule has 0 aliphatic carbocycles. The zero-order chi connectivity index (χ0) is 11.6. The molecule has 0 saturated carbocycles. The number of aliphatic hydroxyl groups is 1. The summed E-state index contributed by atoms with van der Waals surface area (Å²) in [7, 11) is 0. The summed E-state index contributed by atoms with van der Waals surface area (Å²) in [6.07, 6.45) is -5.66. The van der Waals surface area contributed by atoms with E-state index in [2.05, 4.69) is 11.6 Å². The molecule has 0 aliphatic heterocycles. The Morgan fingerprint density at radius 3 is 2.53 bits per heavy atom. The lowest BCUT2D eigenvalue weighted by Crippen LogP contribution is -2.11. The molecule has 0 saturated heterocycles. The van der Waals surface area contributed by atoms with Crippen LogP contribution in [-0.4, -0.2) is 10.1 Å². The van der Waals surface area contributed by atoms with Crippen LogP contribution in [0.25, 0.3) is 0 Å². The van der Waals surface area contributed by atoms with Gasteiger partial charge in [0.15, 0.2) is 0 Å².